The standard InChI is InChI=1S/C21H20O6/c1-12(2)8-9-26-14-6-4-13(5-7-14)15-11-27-21-18(19(15)24)16(22)10-17(23)20(21)25-3/h4-8,10-11,22-23H,9H2,1-3H3. The SMILES string of the molecule is COc1c(O)cc(O)c2c(=O)c(-c3ccc(OCC=C(C)C)cc3)coc12. The van der Waals surface area contributed by atoms with Gasteiger partial charge in [0.25, 0.3) is 0 Å². The van der Waals surface area contributed by atoms with Crippen LogP contribution in [0.25, 0.3) is 22.1 Å². The zero-order valence-corrected chi connectivity index (χ0v) is 15.3. The van der Waals surface area contributed by atoms with Crippen LogP contribution >= 0.6 is 0 Å². The number of phenolic OH excluding ortho intramolecular Hbond substituents is 2. The lowest BCUT2D eigenvalue weighted by molar-refractivity contribution is 0.362. The normalized spacial score (nSPS) is 10.6. The molecule has 0 aliphatic carbocycles. The molecule has 3 aromatic rings. The Kier molecular flexibility index (Phi) is 5.07. The number of hydrogen-bond acceptors (Lipinski definition) is 6. The predicted octanol–water partition coefficient (Wildman–Crippen LogP) is 4.22. The Hall–Kier alpha value is -3.41. The lowest BCUT2D eigenvalue weighted by Gasteiger charge is -2.10. The molecule has 6 heteroatoms. The fraction of sp³-hybridized carbons (Fsp3) is 0.190. The fourth-order valence-electron chi connectivity index (χ4n) is 2.68. The van der Waals surface area contributed by atoms with Gasteiger partial charge in [0.05, 0.1) is 12.7 Å². The molecule has 0 fully saturated rings. The van der Waals surface area contributed by atoms with E-state index in [-0.39, 0.29) is 33.8 Å². The molecular weight excluding hydrogens is 348 g/mol. The third kappa shape index (κ3) is 3.60. The monoisotopic (exact) mass is 368 g/mol. The summed E-state index contributed by atoms with van der Waals surface area (Å²) in [4.78, 5) is 12.9. The molecule has 3 rings (SSSR count). The van der Waals surface area contributed by atoms with Gasteiger partial charge in [0.2, 0.25) is 11.2 Å². The van der Waals surface area contributed by atoms with Gasteiger partial charge in [-0.15, -0.1) is 0 Å². The van der Waals surface area contributed by atoms with Gasteiger partial charge in [-0.25, -0.2) is 0 Å². The molecule has 0 atom stereocenters. The molecule has 6 nitrogen and oxygen atoms in total. The van der Waals surface area contributed by atoms with Crippen LogP contribution in [0, 0.1) is 0 Å². The molecular formula is C21H20O6. The largest absolute Gasteiger partial charge is 0.507 e. The van der Waals surface area contributed by atoms with Crippen LogP contribution < -0.4 is 14.9 Å². The van der Waals surface area contributed by atoms with E-state index in [4.69, 9.17) is 13.9 Å². The molecule has 0 spiro atoms. The number of phenols is 2. The summed E-state index contributed by atoms with van der Waals surface area (Å²) in [6, 6.07) is 8.06. The van der Waals surface area contributed by atoms with Gasteiger partial charge in [-0.3, -0.25) is 4.79 Å². The maximum absolute atomic E-state index is 12.9. The van der Waals surface area contributed by atoms with Crippen molar-refractivity contribution >= 4 is 11.0 Å². The second-order valence-corrected chi connectivity index (χ2v) is 6.25. The van der Waals surface area contributed by atoms with E-state index in [1.54, 1.807) is 24.3 Å². The number of hydrogen-bond donors (Lipinski definition) is 2. The lowest BCUT2D eigenvalue weighted by atomic mass is 10.0. The fourth-order valence-corrected chi connectivity index (χ4v) is 2.68. The summed E-state index contributed by atoms with van der Waals surface area (Å²) >= 11 is 0. The zero-order valence-electron chi connectivity index (χ0n) is 15.3. The van der Waals surface area contributed by atoms with Crippen LogP contribution in [0.15, 0.2) is 57.5 Å². The van der Waals surface area contributed by atoms with Crippen molar-refractivity contribution in [2.75, 3.05) is 13.7 Å². The molecule has 0 aliphatic heterocycles. The highest BCUT2D eigenvalue weighted by molar-refractivity contribution is 5.92. The van der Waals surface area contributed by atoms with E-state index in [0.29, 0.717) is 17.9 Å². The Morgan fingerprint density at radius 3 is 2.48 bits per heavy atom. The van der Waals surface area contributed by atoms with Crippen LogP contribution in [0.2, 0.25) is 0 Å². The summed E-state index contributed by atoms with van der Waals surface area (Å²) in [5, 5.41) is 19.9. The molecule has 0 saturated heterocycles. The number of methoxy groups -OCH3 is 1. The van der Waals surface area contributed by atoms with E-state index < -0.39 is 5.43 Å². The van der Waals surface area contributed by atoms with Gasteiger partial charge >= 0.3 is 0 Å². The van der Waals surface area contributed by atoms with Gasteiger partial charge in [0.15, 0.2) is 11.3 Å². The second-order valence-electron chi connectivity index (χ2n) is 6.25. The smallest absolute Gasteiger partial charge is 0.204 e. The molecule has 0 radical (unpaired) electrons. The van der Waals surface area contributed by atoms with Crippen molar-refractivity contribution in [3.05, 3.63) is 58.5 Å². The number of rotatable bonds is 5. The summed E-state index contributed by atoms with van der Waals surface area (Å²) in [6.07, 6.45) is 3.25. The molecule has 0 bridgehead atoms. The highest BCUT2D eigenvalue weighted by Crippen LogP contribution is 2.39. The molecule has 2 aromatic carbocycles. The molecule has 2 N–H and O–H groups in total. The third-order valence-electron chi connectivity index (χ3n) is 4.07. The van der Waals surface area contributed by atoms with Crippen molar-refractivity contribution in [1.29, 1.82) is 0 Å². The topological polar surface area (TPSA) is 89.1 Å². The Labute approximate surface area is 155 Å². The average Bonchev–Trinajstić information content (AvgIpc) is 2.62. The molecule has 0 unspecified atom stereocenters. The predicted molar refractivity (Wildman–Crippen MR) is 103 cm³/mol. The first-order chi connectivity index (χ1) is 12.9. The highest BCUT2D eigenvalue weighted by atomic mass is 16.5. The maximum atomic E-state index is 12.9. The van der Waals surface area contributed by atoms with Gasteiger partial charge in [-0.1, -0.05) is 17.7 Å². The first-order valence-electron chi connectivity index (χ1n) is 8.33. The highest BCUT2D eigenvalue weighted by Gasteiger charge is 2.19. The van der Waals surface area contributed by atoms with Crippen molar-refractivity contribution in [2.45, 2.75) is 13.8 Å². The quantitative estimate of drug-likeness (QED) is 0.655. The van der Waals surface area contributed by atoms with Crippen LogP contribution in [0.1, 0.15) is 13.8 Å². The zero-order chi connectivity index (χ0) is 19.6. The summed E-state index contributed by atoms with van der Waals surface area (Å²) in [7, 11) is 1.34. The Morgan fingerprint density at radius 1 is 1.15 bits per heavy atom. The second kappa shape index (κ2) is 7.45. The summed E-state index contributed by atoms with van der Waals surface area (Å²) in [5.74, 6) is -0.0119. The van der Waals surface area contributed by atoms with Crippen LogP contribution in [0.5, 0.6) is 23.0 Å². The number of allylic oxidation sites excluding steroid dienone is 1. The summed E-state index contributed by atoms with van der Waals surface area (Å²) < 4.78 is 16.2. The Bertz CT molecular complexity index is 1060. The van der Waals surface area contributed by atoms with Crippen LogP contribution in [-0.2, 0) is 0 Å². The summed E-state index contributed by atoms with van der Waals surface area (Å²) in [5.41, 5.74) is 1.63. The van der Waals surface area contributed by atoms with E-state index >= 15 is 0 Å². The lowest BCUT2D eigenvalue weighted by Crippen LogP contribution is -2.06. The van der Waals surface area contributed by atoms with Gasteiger partial charge in [0, 0.05) is 6.07 Å². The minimum Gasteiger partial charge on any atom is -0.507 e. The van der Waals surface area contributed by atoms with E-state index in [1.807, 2.05) is 19.9 Å². The van der Waals surface area contributed by atoms with Crippen molar-refractivity contribution in [1.82, 2.24) is 0 Å². The van der Waals surface area contributed by atoms with Crippen LogP contribution in [0.3, 0.4) is 0 Å². The van der Waals surface area contributed by atoms with Crippen LogP contribution in [-0.4, -0.2) is 23.9 Å². The molecule has 27 heavy (non-hydrogen) atoms. The number of benzene rings is 2. The van der Waals surface area contributed by atoms with E-state index in [0.717, 1.165) is 6.07 Å². The number of ether oxygens (including phenoxy) is 2. The van der Waals surface area contributed by atoms with E-state index in [2.05, 4.69) is 0 Å². The van der Waals surface area contributed by atoms with Crippen LogP contribution in [0.4, 0.5) is 0 Å². The van der Waals surface area contributed by atoms with E-state index in [9.17, 15) is 15.0 Å². The number of fused-ring (bicyclic) bond motifs is 1. The maximum Gasteiger partial charge on any atom is 0.204 e. The molecule has 0 saturated carbocycles. The van der Waals surface area contributed by atoms with Gasteiger partial charge in [0.1, 0.15) is 29.8 Å². The first kappa shape index (κ1) is 18.4. The number of aromatic hydroxyl groups is 2. The first-order valence-corrected chi connectivity index (χ1v) is 8.33. The Balaban J connectivity index is 2.01. The minimum absolute atomic E-state index is 0.00512. The third-order valence-corrected chi connectivity index (χ3v) is 4.07. The molecule has 0 aliphatic rings. The Morgan fingerprint density at radius 2 is 1.85 bits per heavy atom. The van der Waals surface area contributed by atoms with Crippen molar-refractivity contribution in [2.24, 2.45) is 0 Å². The van der Waals surface area contributed by atoms with Gasteiger partial charge in [-0.2, -0.15) is 0 Å². The van der Waals surface area contributed by atoms with E-state index in [1.165, 1.54) is 18.9 Å². The molecule has 0 amide bonds. The van der Waals surface area contributed by atoms with Gasteiger partial charge in [-0.05, 0) is 37.6 Å². The van der Waals surface area contributed by atoms with Crippen molar-refractivity contribution < 1.29 is 24.1 Å². The minimum atomic E-state index is -0.426. The molecule has 140 valence electrons. The molecule has 1 aromatic heterocycles. The molecule has 1 heterocycles. The van der Waals surface area contributed by atoms with Crippen molar-refractivity contribution in [3.63, 3.8) is 0 Å². The van der Waals surface area contributed by atoms with Crippen molar-refractivity contribution in [3.8, 4) is 34.1 Å². The summed E-state index contributed by atoms with van der Waals surface area (Å²) in [6.45, 7) is 4.46. The van der Waals surface area contributed by atoms with Gasteiger partial charge < -0.3 is 24.1 Å². The average molecular weight is 368 g/mol.